The maximum absolute atomic E-state index is 12.6. The lowest BCUT2D eigenvalue weighted by molar-refractivity contribution is -0.384. The molecule has 0 spiro atoms. The van der Waals surface area contributed by atoms with E-state index in [0.717, 1.165) is 5.56 Å². The first-order valence-electron chi connectivity index (χ1n) is 8.62. The lowest BCUT2D eigenvalue weighted by atomic mass is 10.0. The highest BCUT2D eigenvalue weighted by molar-refractivity contribution is 6.09. The molecule has 7 heteroatoms. The zero-order valence-corrected chi connectivity index (χ0v) is 14.8. The minimum absolute atomic E-state index is 0.150. The van der Waals surface area contributed by atoms with Crippen molar-refractivity contribution >= 4 is 17.2 Å². The molecule has 0 bridgehead atoms. The van der Waals surface area contributed by atoms with Crippen molar-refractivity contribution in [3.8, 4) is 11.5 Å². The molecule has 0 saturated heterocycles. The molecular weight excluding hydrogens is 360 g/mol. The zero-order chi connectivity index (χ0) is 19.5. The second-order valence-electron chi connectivity index (χ2n) is 6.23. The third kappa shape index (κ3) is 3.50. The van der Waals surface area contributed by atoms with Gasteiger partial charge in [-0.1, -0.05) is 36.4 Å². The summed E-state index contributed by atoms with van der Waals surface area (Å²) in [6.45, 7) is 0.554. The summed E-state index contributed by atoms with van der Waals surface area (Å²) in [6, 6.07) is 18.6. The second-order valence-corrected chi connectivity index (χ2v) is 6.23. The number of ketones is 1. The van der Waals surface area contributed by atoms with Gasteiger partial charge in [-0.2, -0.15) is 0 Å². The van der Waals surface area contributed by atoms with Crippen LogP contribution in [0.5, 0.6) is 11.5 Å². The average molecular weight is 376 g/mol. The van der Waals surface area contributed by atoms with Gasteiger partial charge in [0.25, 0.3) is 5.69 Å². The SMILES string of the molecule is O=C(c1ccccc1)c1ccc(NCc2ccc3c(c2)OCO3)c([N+](=O)[O-])c1. The minimum atomic E-state index is -0.496. The molecule has 0 radical (unpaired) electrons. The Labute approximate surface area is 160 Å². The number of carbonyl (C=O) groups is 1. The van der Waals surface area contributed by atoms with E-state index < -0.39 is 4.92 Å². The average Bonchev–Trinajstić information content (AvgIpc) is 3.20. The highest BCUT2D eigenvalue weighted by Gasteiger charge is 2.19. The normalized spacial score (nSPS) is 11.9. The fraction of sp³-hybridized carbons (Fsp3) is 0.0952. The number of rotatable bonds is 6. The van der Waals surface area contributed by atoms with Gasteiger partial charge in [-0.3, -0.25) is 14.9 Å². The van der Waals surface area contributed by atoms with Crippen LogP contribution in [0.1, 0.15) is 21.5 Å². The molecule has 0 aliphatic carbocycles. The number of nitro groups is 1. The number of nitrogens with zero attached hydrogens (tertiary/aromatic N) is 1. The van der Waals surface area contributed by atoms with Crippen molar-refractivity contribution in [2.24, 2.45) is 0 Å². The lowest BCUT2D eigenvalue weighted by Crippen LogP contribution is -2.06. The Bertz CT molecular complexity index is 1050. The number of benzene rings is 3. The van der Waals surface area contributed by atoms with Crippen LogP contribution in [0.3, 0.4) is 0 Å². The molecule has 0 amide bonds. The predicted molar refractivity (Wildman–Crippen MR) is 103 cm³/mol. The summed E-state index contributed by atoms with van der Waals surface area (Å²) in [6.07, 6.45) is 0. The summed E-state index contributed by atoms with van der Waals surface area (Å²) in [5.74, 6) is 1.07. The maximum atomic E-state index is 12.6. The summed E-state index contributed by atoms with van der Waals surface area (Å²) in [5, 5.41) is 14.6. The largest absolute Gasteiger partial charge is 0.454 e. The van der Waals surface area contributed by atoms with E-state index in [1.807, 2.05) is 18.2 Å². The van der Waals surface area contributed by atoms with Gasteiger partial charge in [0.15, 0.2) is 17.3 Å². The summed E-state index contributed by atoms with van der Waals surface area (Å²) in [7, 11) is 0. The first-order chi connectivity index (χ1) is 13.6. The van der Waals surface area contributed by atoms with Crippen LogP contribution < -0.4 is 14.8 Å². The highest BCUT2D eigenvalue weighted by Crippen LogP contribution is 2.33. The number of ether oxygens (including phenoxy) is 2. The molecule has 0 saturated carbocycles. The molecule has 1 aliphatic heterocycles. The molecule has 0 fully saturated rings. The number of nitrogens with one attached hydrogen (secondary N) is 1. The molecule has 28 heavy (non-hydrogen) atoms. The Morgan fingerprint density at radius 1 is 0.964 bits per heavy atom. The molecule has 1 N–H and O–H groups in total. The van der Waals surface area contributed by atoms with Gasteiger partial charge in [0.2, 0.25) is 6.79 Å². The summed E-state index contributed by atoms with van der Waals surface area (Å²) >= 11 is 0. The third-order valence-electron chi connectivity index (χ3n) is 4.41. The van der Waals surface area contributed by atoms with Crippen molar-refractivity contribution in [2.45, 2.75) is 6.54 Å². The van der Waals surface area contributed by atoms with Crippen molar-refractivity contribution < 1.29 is 19.2 Å². The number of hydrogen-bond acceptors (Lipinski definition) is 6. The molecule has 140 valence electrons. The molecule has 7 nitrogen and oxygen atoms in total. The number of nitro benzene ring substituents is 1. The molecule has 0 unspecified atom stereocenters. The monoisotopic (exact) mass is 376 g/mol. The van der Waals surface area contributed by atoms with Crippen LogP contribution in [0.15, 0.2) is 66.7 Å². The van der Waals surface area contributed by atoms with Gasteiger partial charge in [0.05, 0.1) is 4.92 Å². The first-order valence-corrected chi connectivity index (χ1v) is 8.62. The Morgan fingerprint density at radius 3 is 2.54 bits per heavy atom. The van der Waals surface area contributed by atoms with E-state index >= 15 is 0 Å². The molecule has 3 aromatic rings. The molecular formula is C21H16N2O5. The second kappa shape index (κ2) is 7.40. The quantitative estimate of drug-likeness (QED) is 0.394. The van der Waals surface area contributed by atoms with E-state index in [2.05, 4.69) is 5.32 Å². The van der Waals surface area contributed by atoms with E-state index in [9.17, 15) is 14.9 Å². The molecule has 4 rings (SSSR count). The zero-order valence-electron chi connectivity index (χ0n) is 14.8. The number of carbonyl (C=O) groups excluding carboxylic acids is 1. The van der Waals surface area contributed by atoms with Crippen LogP contribution in [-0.2, 0) is 6.54 Å². The standard InChI is InChI=1S/C21H16N2O5/c24-21(15-4-2-1-3-5-15)16-7-8-17(18(11-16)23(25)26)22-12-14-6-9-19-20(10-14)28-13-27-19/h1-11,22H,12-13H2. The molecule has 0 aromatic heterocycles. The van der Waals surface area contributed by atoms with E-state index in [1.54, 1.807) is 42.5 Å². The van der Waals surface area contributed by atoms with E-state index in [-0.39, 0.29) is 23.8 Å². The van der Waals surface area contributed by atoms with Crippen molar-refractivity contribution in [1.29, 1.82) is 0 Å². The van der Waals surface area contributed by atoms with Crippen LogP contribution >= 0.6 is 0 Å². The Kier molecular flexibility index (Phi) is 4.63. The van der Waals surface area contributed by atoms with Crippen LogP contribution in [0, 0.1) is 10.1 Å². The number of fused-ring (bicyclic) bond motifs is 1. The van der Waals surface area contributed by atoms with Crippen LogP contribution in [-0.4, -0.2) is 17.5 Å². The molecule has 0 atom stereocenters. The first kappa shape index (κ1) is 17.5. The predicted octanol–water partition coefficient (Wildman–Crippen LogP) is 4.17. The van der Waals surface area contributed by atoms with Crippen LogP contribution in [0.4, 0.5) is 11.4 Å². The van der Waals surface area contributed by atoms with Gasteiger partial charge in [0.1, 0.15) is 5.69 Å². The van der Waals surface area contributed by atoms with E-state index in [1.165, 1.54) is 6.07 Å². The van der Waals surface area contributed by atoms with Gasteiger partial charge >= 0.3 is 0 Å². The topological polar surface area (TPSA) is 90.7 Å². The van der Waals surface area contributed by atoms with Crippen molar-refractivity contribution in [2.75, 3.05) is 12.1 Å². The molecule has 1 aliphatic rings. The molecule has 1 heterocycles. The minimum Gasteiger partial charge on any atom is -0.454 e. The summed E-state index contributed by atoms with van der Waals surface area (Å²) in [5.41, 5.74) is 1.84. The van der Waals surface area contributed by atoms with Crippen molar-refractivity contribution in [3.63, 3.8) is 0 Å². The number of hydrogen-bond donors (Lipinski definition) is 1. The van der Waals surface area contributed by atoms with Gasteiger partial charge in [-0.05, 0) is 29.8 Å². The van der Waals surface area contributed by atoms with Gasteiger partial charge in [-0.15, -0.1) is 0 Å². The number of anilines is 1. The summed E-state index contributed by atoms with van der Waals surface area (Å²) in [4.78, 5) is 23.6. The lowest BCUT2D eigenvalue weighted by Gasteiger charge is -2.09. The van der Waals surface area contributed by atoms with Gasteiger partial charge in [0, 0.05) is 23.7 Å². The van der Waals surface area contributed by atoms with Gasteiger partial charge < -0.3 is 14.8 Å². The van der Waals surface area contributed by atoms with Crippen LogP contribution in [0.25, 0.3) is 0 Å². The summed E-state index contributed by atoms with van der Waals surface area (Å²) < 4.78 is 10.6. The Morgan fingerprint density at radius 2 is 1.75 bits per heavy atom. The van der Waals surface area contributed by atoms with Crippen molar-refractivity contribution in [1.82, 2.24) is 0 Å². The van der Waals surface area contributed by atoms with E-state index in [4.69, 9.17) is 9.47 Å². The smallest absolute Gasteiger partial charge is 0.293 e. The molecule has 3 aromatic carbocycles. The van der Waals surface area contributed by atoms with Crippen molar-refractivity contribution in [3.05, 3.63) is 93.5 Å². The van der Waals surface area contributed by atoms with Gasteiger partial charge in [-0.25, -0.2) is 0 Å². The van der Waals surface area contributed by atoms with Crippen LogP contribution in [0.2, 0.25) is 0 Å². The highest BCUT2D eigenvalue weighted by atomic mass is 16.7. The fourth-order valence-corrected chi connectivity index (χ4v) is 2.98. The third-order valence-corrected chi connectivity index (χ3v) is 4.41. The fourth-order valence-electron chi connectivity index (χ4n) is 2.98. The van der Waals surface area contributed by atoms with E-state index in [0.29, 0.717) is 29.3 Å². The Balaban J connectivity index is 1.55. The Hall–Kier alpha value is -3.87. The maximum Gasteiger partial charge on any atom is 0.293 e.